The number of aliphatic carboxylic acids is 1. The van der Waals surface area contributed by atoms with Crippen LogP contribution in [0.1, 0.15) is 83.8 Å². The molecule has 2 saturated heterocycles. The fraction of sp³-hybridized carbons (Fsp3) is 0.532. The number of guanidine groups is 1. The van der Waals surface area contributed by atoms with Gasteiger partial charge in [0, 0.05) is 32.9 Å². The van der Waals surface area contributed by atoms with Crippen molar-refractivity contribution in [1.82, 2.24) is 36.4 Å². The van der Waals surface area contributed by atoms with Crippen LogP contribution >= 0.6 is 0 Å². The van der Waals surface area contributed by atoms with Gasteiger partial charge >= 0.3 is 11.9 Å². The highest BCUT2D eigenvalue weighted by Gasteiger charge is 2.46. The number of piperidine rings is 1. The second-order valence-corrected chi connectivity index (χ2v) is 17.6. The van der Waals surface area contributed by atoms with Gasteiger partial charge in [0.1, 0.15) is 54.6 Å². The number of ether oxygens (including phenoxy) is 1. The zero-order valence-corrected chi connectivity index (χ0v) is 39.6. The fourth-order valence-corrected chi connectivity index (χ4v) is 8.08. The molecule has 2 fully saturated rings. The quantitative estimate of drug-likeness (QED) is 0.0420. The van der Waals surface area contributed by atoms with Gasteiger partial charge in [-0.1, -0.05) is 81.4 Å². The van der Waals surface area contributed by atoms with E-state index in [0.717, 1.165) is 9.80 Å². The topological polar surface area (TPSA) is 334 Å². The smallest absolute Gasteiger partial charge is 0.329 e. The minimum absolute atomic E-state index is 0.00279. The molecule has 7 amide bonds. The van der Waals surface area contributed by atoms with Crippen molar-refractivity contribution < 1.29 is 58.1 Å². The number of amides is 7. The monoisotopic (exact) mass is 962 g/mol. The summed E-state index contributed by atoms with van der Waals surface area (Å²) in [6.07, 6.45) is -4.12. The largest absolute Gasteiger partial charge is 0.481 e. The van der Waals surface area contributed by atoms with Crippen LogP contribution in [0.3, 0.4) is 0 Å². The number of fused-ring (bicyclic) bond motifs is 2. The van der Waals surface area contributed by atoms with E-state index < -0.39 is 120 Å². The van der Waals surface area contributed by atoms with E-state index in [4.69, 9.17) is 16.2 Å². The van der Waals surface area contributed by atoms with Gasteiger partial charge in [0.15, 0.2) is 5.96 Å². The Labute approximate surface area is 400 Å². The van der Waals surface area contributed by atoms with E-state index in [9.17, 15) is 48.6 Å². The van der Waals surface area contributed by atoms with Crippen molar-refractivity contribution in [3.8, 4) is 0 Å². The predicted molar refractivity (Wildman–Crippen MR) is 250 cm³/mol. The molecule has 0 spiro atoms. The number of aliphatic hydroxyl groups is 1. The summed E-state index contributed by atoms with van der Waals surface area (Å²) >= 11 is 0. The van der Waals surface area contributed by atoms with Crippen molar-refractivity contribution in [2.75, 3.05) is 13.6 Å². The molecule has 2 heterocycles. The number of nitrogens with zero attached hydrogens (tertiary/aromatic N) is 3. The Morgan fingerprint density at radius 3 is 2.03 bits per heavy atom. The molecule has 11 N–H and O–H groups in total. The highest BCUT2D eigenvalue weighted by atomic mass is 16.5. The molecular weight excluding hydrogens is 897 g/mol. The maximum Gasteiger partial charge on any atom is 0.329 e. The number of carboxylic acids is 1. The standard InChI is InChI=1S/C47H66N10O12/c1-6-14-35(58)51-32(25-37(60)61)41(63)55-39-27(4)69-46(68)38(26(2)3)54-42(64)33(23-28-15-9-7-10-16-28)56(5)45(67)34(24-29-17-11-8-12-18-29)57-36(59)21-20-31(44(57)66)53-40(62)30(52-43(39)65)19-13-22-50-47(48)49/h7-12,15-18,26-27,30-34,36,38-39,59H,6,13-14,19-25H2,1-5H3,(H,51,58)(H,52,65)(H,53,62)(H,54,64)(H,55,63)(H,60,61)(H4,48,49,50). The molecule has 0 radical (unpaired) electrons. The highest BCUT2D eigenvalue weighted by molar-refractivity contribution is 5.99. The van der Waals surface area contributed by atoms with E-state index >= 15 is 4.79 Å². The lowest BCUT2D eigenvalue weighted by Crippen LogP contribution is -2.65. The first kappa shape index (κ1) is 54.5. The summed E-state index contributed by atoms with van der Waals surface area (Å²) in [5, 5.41) is 33.9. The Bertz CT molecular complexity index is 2170. The summed E-state index contributed by atoms with van der Waals surface area (Å²) in [6.45, 7) is 6.15. The number of hydrogen-bond donors (Lipinski definition) is 9. The molecule has 9 unspecified atom stereocenters. The third-order valence-corrected chi connectivity index (χ3v) is 11.8. The number of carbonyl (C=O) groups is 9. The number of benzene rings is 2. The molecule has 22 nitrogen and oxygen atoms in total. The minimum Gasteiger partial charge on any atom is -0.481 e. The normalized spacial score (nSPS) is 24.6. The number of esters is 1. The Hall–Kier alpha value is -7.10. The lowest BCUT2D eigenvalue weighted by molar-refractivity contribution is -0.165. The van der Waals surface area contributed by atoms with Gasteiger partial charge in [0.05, 0.1) is 6.42 Å². The predicted octanol–water partition coefficient (Wildman–Crippen LogP) is -1.04. The number of carboxylic acid groups (broad SMARTS) is 1. The van der Waals surface area contributed by atoms with Crippen LogP contribution in [0.25, 0.3) is 0 Å². The average Bonchev–Trinajstić information content (AvgIpc) is 3.29. The zero-order chi connectivity index (χ0) is 50.9. The van der Waals surface area contributed by atoms with Crippen molar-refractivity contribution in [2.45, 2.75) is 140 Å². The molecule has 0 aliphatic carbocycles. The molecular formula is C47H66N10O12. The third-order valence-electron chi connectivity index (χ3n) is 11.8. The first-order valence-electron chi connectivity index (χ1n) is 23.0. The molecule has 2 aromatic rings. The van der Waals surface area contributed by atoms with Crippen LogP contribution in [0, 0.1) is 5.92 Å². The SMILES string of the molecule is CCCC(=O)NC(CC(=O)O)C(=O)NC1C(=O)NC(CCCN=C(N)N)C(=O)NC2CCC(O)N(C2=O)C(Cc2ccccc2)C(=O)N(C)C(Cc2ccccc2)C(=O)NC(C(C)C)C(=O)OC1C. The molecule has 4 rings (SSSR count). The Balaban J connectivity index is 1.88. The molecule has 0 saturated carbocycles. The molecule has 22 heteroatoms. The minimum atomic E-state index is -1.87. The van der Waals surface area contributed by atoms with E-state index in [1.54, 1.807) is 81.4 Å². The maximum absolute atomic E-state index is 15.0. The zero-order valence-electron chi connectivity index (χ0n) is 39.6. The van der Waals surface area contributed by atoms with Crippen LogP contribution < -0.4 is 38.1 Å². The molecule has 376 valence electrons. The summed E-state index contributed by atoms with van der Waals surface area (Å²) in [5.41, 5.74) is 12.3. The van der Waals surface area contributed by atoms with E-state index in [-0.39, 0.29) is 57.5 Å². The van der Waals surface area contributed by atoms with Crippen molar-refractivity contribution in [3.05, 3.63) is 71.8 Å². The van der Waals surface area contributed by atoms with Gasteiger partial charge in [-0.05, 0) is 56.1 Å². The Morgan fingerprint density at radius 1 is 0.855 bits per heavy atom. The van der Waals surface area contributed by atoms with Gasteiger partial charge in [-0.25, -0.2) is 4.79 Å². The average molecular weight is 963 g/mol. The van der Waals surface area contributed by atoms with Gasteiger partial charge in [0.2, 0.25) is 41.4 Å². The van der Waals surface area contributed by atoms with Gasteiger partial charge in [-0.3, -0.25) is 43.3 Å². The van der Waals surface area contributed by atoms with E-state index in [1.165, 1.54) is 14.0 Å². The van der Waals surface area contributed by atoms with Gasteiger partial charge < -0.3 is 62.8 Å². The maximum atomic E-state index is 15.0. The van der Waals surface area contributed by atoms with Crippen LogP contribution in [0.4, 0.5) is 0 Å². The molecule has 2 aromatic carbocycles. The molecule has 2 bridgehead atoms. The lowest BCUT2D eigenvalue weighted by Gasteiger charge is -2.43. The van der Waals surface area contributed by atoms with Crippen molar-refractivity contribution in [2.24, 2.45) is 22.4 Å². The summed E-state index contributed by atoms with van der Waals surface area (Å²) in [7, 11) is 1.38. The second kappa shape index (κ2) is 25.9. The first-order chi connectivity index (χ1) is 32.7. The summed E-state index contributed by atoms with van der Waals surface area (Å²) in [5.74, 6) is -9.61. The van der Waals surface area contributed by atoms with E-state index in [1.807, 2.05) is 0 Å². The first-order valence-corrected chi connectivity index (χ1v) is 23.0. The van der Waals surface area contributed by atoms with Crippen molar-refractivity contribution in [3.63, 3.8) is 0 Å². The van der Waals surface area contributed by atoms with Crippen LogP contribution in [-0.4, -0.2) is 147 Å². The fourth-order valence-electron chi connectivity index (χ4n) is 8.08. The van der Waals surface area contributed by atoms with Crippen LogP contribution in [0.5, 0.6) is 0 Å². The van der Waals surface area contributed by atoms with Crippen molar-refractivity contribution in [1.29, 1.82) is 0 Å². The number of aliphatic hydroxyl groups excluding tert-OH is 1. The van der Waals surface area contributed by atoms with Gasteiger partial charge in [0.25, 0.3) is 0 Å². The molecule has 69 heavy (non-hydrogen) atoms. The van der Waals surface area contributed by atoms with Gasteiger partial charge in [-0.15, -0.1) is 0 Å². The number of carbonyl (C=O) groups excluding carboxylic acids is 8. The molecule has 9 atom stereocenters. The summed E-state index contributed by atoms with van der Waals surface area (Å²) in [6, 6.07) is 6.86. The van der Waals surface area contributed by atoms with Crippen LogP contribution in [0.2, 0.25) is 0 Å². The number of rotatable bonds is 16. The number of aliphatic imine (C=N–C) groups is 1. The molecule has 0 aromatic heterocycles. The van der Waals surface area contributed by atoms with Crippen LogP contribution in [-0.2, 0) is 60.7 Å². The van der Waals surface area contributed by atoms with Crippen LogP contribution in [0.15, 0.2) is 65.7 Å². The van der Waals surface area contributed by atoms with E-state index in [0.29, 0.717) is 17.5 Å². The Kier molecular flexibility index (Phi) is 20.4. The van der Waals surface area contributed by atoms with Gasteiger partial charge in [-0.2, -0.15) is 0 Å². The molecule has 2 aliphatic rings. The number of hydrogen-bond acceptors (Lipinski definition) is 12. The van der Waals surface area contributed by atoms with E-state index in [2.05, 4.69) is 31.6 Å². The highest BCUT2D eigenvalue weighted by Crippen LogP contribution is 2.25. The number of cyclic esters (lactones) is 1. The number of likely N-dealkylation sites (N-methyl/N-ethyl adjacent to an activating group) is 1. The summed E-state index contributed by atoms with van der Waals surface area (Å²) < 4.78 is 5.82. The Morgan fingerprint density at radius 2 is 1.46 bits per heavy atom. The van der Waals surface area contributed by atoms with Crippen molar-refractivity contribution >= 4 is 59.2 Å². The lowest BCUT2D eigenvalue weighted by atomic mass is 9.95. The molecule has 2 aliphatic heterocycles. The number of nitrogens with two attached hydrogens (primary N) is 2. The summed E-state index contributed by atoms with van der Waals surface area (Å²) in [4.78, 5) is 132. The second-order valence-electron chi connectivity index (χ2n) is 17.6. The third kappa shape index (κ3) is 15.7. The number of nitrogens with one attached hydrogen (secondary N) is 5.